The summed E-state index contributed by atoms with van der Waals surface area (Å²) in [6.07, 6.45) is 4.35. The maximum Gasteiger partial charge on any atom is 0.240 e. The Morgan fingerprint density at radius 3 is 2.76 bits per heavy atom. The number of hydrogen-bond donors (Lipinski definition) is 1. The zero-order chi connectivity index (χ0) is 17.9. The van der Waals surface area contributed by atoms with Crippen molar-refractivity contribution in [2.24, 2.45) is 0 Å². The second-order valence-corrected chi connectivity index (χ2v) is 7.94. The van der Waals surface area contributed by atoms with E-state index in [1.165, 1.54) is 0 Å². The monoisotopic (exact) mass is 362 g/mol. The smallest absolute Gasteiger partial charge is 0.240 e. The van der Waals surface area contributed by atoms with Gasteiger partial charge in [0.1, 0.15) is 5.76 Å². The van der Waals surface area contributed by atoms with E-state index in [2.05, 4.69) is 4.72 Å². The molecule has 0 saturated carbocycles. The number of hydrogen-bond acceptors (Lipinski definition) is 4. The van der Waals surface area contributed by atoms with Crippen molar-refractivity contribution < 1.29 is 17.6 Å². The number of nitrogens with one attached hydrogen (secondary N) is 1. The summed E-state index contributed by atoms with van der Waals surface area (Å²) < 4.78 is 32.7. The zero-order valence-electron chi connectivity index (χ0n) is 14.2. The number of rotatable bonds is 7. The summed E-state index contributed by atoms with van der Waals surface area (Å²) in [5.74, 6) is 0.935. The molecule has 0 unspecified atom stereocenters. The number of carbonyl (C=O) groups excluding carboxylic acids is 1. The number of nitrogens with zero attached hydrogens (tertiary/aromatic N) is 1. The highest BCUT2D eigenvalue weighted by molar-refractivity contribution is 7.89. The molecule has 0 spiro atoms. The van der Waals surface area contributed by atoms with Gasteiger partial charge in [-0.15, -0.1) is 0 Å². The molecule has 1 saturated heterocycles. The largest absolute Gasteiger partial charge is 0.469 e. The van der Waals surface area contributed by atoms with E-state index >= 15 is 0 Å². The molecule has 0 aliphatic carbocycles. The van der Waals surface area contributed by atoms with E-state index in [-0.39, 0.29) is 10.8 Å². The van der Waals surface area contributed by atoms with E-state index in [1.54, 1.807) is 29.4 Å². The van der Waals surface area contributed by atoms with Gasteiger partial charge in [0.2, 0.25) is 15.9 Å². The van der Waals surface area contributed by atoms with E-state index in [0.29, 0.717) is 32.4 Å². The van der Waals surface area contributed by atoms with Crippen molar-refractivity contribution in [3.05, 3.63) is 47.9 Å². The Morgan fingerprint density at radius 1 is 1.28 bits per heavy atom. The fourth-order valence-corrected chi connectivity index (χ4v) is 4.17. The van der Waals surface area contributed by atoms with Crippen LogP contribution in [0.15, 0.2) is 45.9 Å². The predicted molar refractivity (Wildman–Crippen MR) is 95.0 cm³/mol. The summed E-state index contributed by atoms with van der Waals surface area (Å²) >= 11 is 0. The number of anilines is 1. The topological polar surface area (TPSA) is 79.6 Å². The number of furan rings is 1. The third kappa shape index (κ3) is 4.11. The minimum absolute atomic E-state index is 0.0924. The molecular formula is C18H22N2O4S. The van der Waals surface area contributed by atoms with Crippen LogP contribution in [-0.4, -0.2) is 27.4 Å². The van der Waals surface area contributed by atoms with Gasteiger partial charge in [-0.25, -0.2) is 13.1 Å². The first-order valence-electron chi connectivity index (χ1n) is 8.40. The van der Waals surface area contributed by atoms with Gasteiger partial charge in [0.25, 0.3) is 0 Å². The number of carbonyl (C=O) groups is 1. The van der Waals surface area contributed by atoms with Crippen molar-refractivity contribution in [3.63, 3.8) is 0 Å². The van der Waals surface area contributed by atoms with E-state index in [4.69, 9.17) is 4.42 Å². The first-order chi connectivity index (χ1) is 12.0. The summed E-state index contributed by atoms with van der Waals surface area (Å²) in [5.41, 5.74) is 1.58. The molecule has 0 atom stereocenters. The summed E-state index contributed by atoms with van der Waals surface area (Å²) in [6.45, 7) is 2.86. The minimum atomic E-state index is -3.56. The average Bonchev–Trinajstić information content (AvgIpc) is 3.23. The quantitative estimate of drug-likeness (QED) is 0.768. The summed E-state index contributed by atoms with van der Waals surface area (Å²) in [7, 11) is -3.56. The summed E-state index contributed by atoms with van der Waals surface area (Å²) in [6, 6.07) is 8.58. The Kier molecular flexibility index (Phi) is 5.24. The van der Waals surface area contributed by atoms with Crippen LogP contribution in [0.1, 0.15) is 30.6 Å². The van der Waals surface area contributed by atoms with Crippen LogP contribution < -0.4 is 9.62 Å². The molecule has 25 heavy (non-hydrogen) atoms. The third-order valence-corrected chi connectivity index (χ3v) is 5.77. The van der Waals surface area contributed by atoms with Gasteiger partial charge in [0.05, 0.1) is 11.2 Å². The Hall–Kier alpha value is -2.12. The molecule has 1 fully saturated rings. The Bertz CT molecular complexity index is 844. The normalized spacial score (nSPS) is 15.1. The van der Waals surface area contributed by atoms with Gasteiger partial charge in [-0.2, -0.15) is 0 Å². The number of sulfonamides is 1. The van der Waals surface area contributed by atoms with E-state index in [0.717, 1.165) is 23.4 Å². The van der Waals surface area contributed by atoms with Gasteiger partial charge >= 0.3 is 0 Å². The molecule has 0 bridgehead atoms. The molecule has 1 aliphatic rings. The maximum atomic E-state index is 12.4. The highest BCUT2D eigenvalue weighted by atomic mass is 32.2. The van der Waals surface area contributed by atoms with Crippen LogP contribution in [0.2, 0.25) is 0 Å². The SMILES string of the molecule is Cc1cc(S(=O)(=O)NCCCc2ccco2)ccc1N1CCCC1=O. The van der Waals surface area contributed by atoms with Crippen LogP contribution in [-0.2, 0) is 21.2 Å². The fraction of sp³-hybridized carbons (Fsp3) is 0.389. The molecule has 2 aromatic rings. The summed E-state index contributed by atoms with van der Waals surface area (Å²) in [5, 5.41) is 0. The first-order valence-corrected chi connectivity index (χ1v) is 9.89. The van der Waals surface area contributed by atoms with E-state index in [9.17, 15) is 13.2 Å². The molecule has 1 aromatic carbocycles. The highest BCUT2D eigenvalue weighted by Gasteiger charge is 2.24. The number of amides is 1. The van der Waals surface area contributed by atoms with E-state index < -0.39 is 10.0 Å². The van der Waals surface area contributed by atoms with Crippen LogP contribution in [0.4, 0.5) is 5.69 Å². The van der Waals surface area contributed by atoms with Crippen molar-refractivity contribution in [1.82, 2.24) is 4.72 Å². The minimum Gasteiger partial charge on any atom is -0.469 e. The van der Waals surface area contributed by atoms with Gasteiger partial charge in [0, 0.05) is 31.6 Å². The van der Waals surface area contributed by atoms with Crippen LogP contribution >= 0.6 is 0 Å². The van der Waals surface area contributed by atoms with Crippen molar-refractivity contribution in [3.8, 4) is 0 Å². The van der Waals surface area contributed by atoms with Gasteiger partial charge in [0.15, 0.2) is 0 Å². The summed E-state index contributed by atoms with van der Waals surface area (Å²) in [4.78, 5) is 13.8. The van der Waals surface area contributed by atoms with Crippen LogP contribution in [0.25, 0.3) is 0 Å². The second kappa shape index (κ2) is 7.41. The average molecular weight is 362 g/mol. The zero-order valence-corrected chi connectivity index (χ0v) is 15.0. The van der Waals surface area contributed by atoms with Gasteiger partial charge in [-0.05, 0) is 55.7 Å². The highest BCUT2D eigenvalue weighted by Crippen LogP contribution is 2.27. The van der Waals surface area contributed by atoms with Gasteiger partial charge in [-0.3, -0.25) is 4.79 Å². The molecular weight excluding hydrogens is 340 g/mol. The van der Waals surface area contributed by atoms with Crippen molar-refractivity contribution >= 4 is 21.6 Å². The van der Waals surface area contributed by atoms with Crippen molar-refractivity contribution in [1.29, 1.82) is 0 Å². The second-order valence-electron chi connectivity index (χ2n) is 6.18. The lowest BCUT2D eigenvalue weighted by Crippen LogP contribution is -2.26. The van der Waals surface area contributed by atoms with Crippen molar-refractivity contribution in [2.75, 3.05) is 18.0 Å². The van der Waals surface area contributed by atoms with E-state index in [1.807, 2.05) is 19.1 Å². The molecule has 0 radical (unpaired) electrons. The lowest BCUT2D eigenvalue weighted by atomic mass is 10.2. The fourth-order valence-electron chi connectivity index (χ4n) is 3.01. The molecule has 1 aliphatic heterocycles. The number of aryl methyl sites for hydroxylation is 2. The Labute approximate surface area is 147 Å². The first kappa shape index (κ1) is 17.7. The molecule has 2 heterocycles. The molecule has 1 amide bonds. The third-order valence-electron chi connectivity index (χ3n) is 4.31. The van der Waals surface area contributed by atoms with Gasteiger partial charge in [-0.1, -0.05) is 0 Å². The predicted octanol–water partition coefficient (Wildman–Crippen LogP) is 2.63. The molecule has 3 rings (SSSR count). The van der Waals surface area contributed by atoms with Gasteiger partial charge < -0.3 is 9.32 Å². The molecule has 1 aromatic heterocycles. The number of benzene rings is 1. The van der Waals surface area contributed by atoms with Crippen LogP contribution in [0, 0.1) is 6.92 Å². The standard InChI is InChI=1S/C18H22N2O4S/c1-14-13-16(8-9-17(14)20-11-3-7-18(20)21)25(22,23)19-10-2-5-15-6-4-12-24-15/h4,6,8-9,12-13,19H,2-3,5,7,10-11H2,1H3. The maximum absolute atomic E-state index is 12.4. The van der Waals surface area contributed by atoms with Crippen LogP contribution in [0.5, 0.6) is 0 Å². The lowest BCUT2D eigenvalue weighted by Gasteiger charge is -2.19. The Balaban J connectivity index is 1.63. The molecule has 6 nitrogen and oxygen atoms in total. The lowest BCUT2D eigenvalue weighted by molar-refractivity contribution is -0.117. The Morgan fingerprint density at radius 2 is 2.12 bits per heavy atom. The molecule has 7 heteroatoms. The molecule has 1 N–H and O–H groups in total. The van der Waals surface area contributed by atoms with Crippen molar-refractivity contribution in [2.45, 2.75) is 37.5 Å². The molecule has 134 valence electrons. The van der Waals surface area contributed by atoms with Crippen LogP contribution in [0.3, 0.4) is 0 Å².